The minimum absolute atomic E-state index is 0.0184. The molecule has 0 bridgehead atoms. The lowest BCUT2D eigenvalue weighted by Crippen LogP contribution is -2.18. The first-order chi connectivity index (χ1) is 13.4. The van der Waals surface area contributed by atoms with Crippen molar-refractivity contribution in [2.75, 3.05) is 5.32 Å². The molecular formula is C19H17ClN4O4. The second-order valence-electron chi connectivity index (χ2n) is 6.03. The summed E-state index contributed by atoms with van der Waals surface area (Å²) in [5, 5.41) is 18.1. The number of benzene rings is 2. The Morgan fingerprint density at radius 2 is 1.93 bits per heavy atom. The van der Waals surface area contributed by atoms with E-state index < -0.39 is 17.1 Å². The average molecular weight is 401 g/mol. The summed E-state index contributed by atoms with van der Waals surface area (Å²) in [4.78, 5) is 22.7. The first kappa shape index (κ1) is 19.4. The van der Waals surface area contributed by atoms with Crippen molar-refractivity contribution in [3.63, 3.8) is 0 Å². The van der Waals surface area contributed by atoms with E-state index in [0.717, 1.165) is 0 Å². The summed E-state index contributed by atoms with van der Waals surface area (Å²) in [6, 6.07) is 13.1. The van der Waals surface area contributed by atoms with Crippen LogP contribution in [-0.2, 0) is 11.8 Å². The van der Waals surface area contributed by atoms with Crippen LogP contribution in [0.2, 0.25) is 5.02 Å². The molecule has 1 amide bonds. The normalized spacial score (nSPS) is 11.7. The predicted molar refractivity (Wildman–Crippen MR) is 105 cm³/mol. The number of nitro groups is 1. The van der Waals surface area contributed by atoms with Gasteiger partial charge in [0.05, 0.1) is 11.1 Å². The second kappa shape index (κ2) is 8.10. The first-order valence-corrected chi connectivity index (χ1v) is 8.73. The molecule has 28 heavy (non-hydrogen) atoms. The minimum atomic E-state index is -0.667. The lowest BCUT2D eigenvalue weighted by atomic mass is 10.1. The van der Waals surface area contributed by atoms with E-state index in [1.54, 1.807) is 50.5 Å². The third kappa shape index (κ3) is 4.12. The molecule has 144 valence electrons. The Morgan fingerprint density at radius 1 is 1.25 bits per heavy atom. The summed E-state index contributed by atoms with van der Waals surface area (Å²) in [7, 11) is 1.67. The Morgan fingerprint density at radius 3 is 2.57 bits per heavy atom. The number of hydrogen-bond donors (Lipinski definition) is 1. The van der Waals surface area contributed by atoms with Crippen molar-refractivity contribution >= 4 is 29.2 Å². The van der Waals surface area contributed by atoms with Gasteiger partial charge in [-0.05, 0) is 30.7 Å². The van der Waals surface area contributed by atoms with Crippen LogP contribution in [0.25, 0.3) is 11.1 Å². The van der Waals surface area contributed by atoms with Crippen LogP contribution < -0.4 is 5.32 Å². The van der Waals surface area contributed by atoms with Gasteiger partial charge in [0.15, 0.2) is 0 Å². The van der Waals surface area contributed by atoms with Crippen molar-refractivity contribution in [1.29, 1.82) is 0 Å². The molecule has 0 saturated heterocycles. The molecule has 0 fully saturated rings. The number of carbonyl (C=O) groups is 1. The fourth-order valence-corrected chi connectivity index (χ4v) is 3.00. The van der Waals surface area contributed by atoms with Crippen LogP contribution in [0.5, 0.6) is 0 Å². The molecule has 0 radical (unpaired) electrons. The highest BCUT2D eigenvalue weighted by Crippen LogP contribution is 2.30. The van der Waals surface area contributed by atoms with Crippen LogP contribution in [-0.4, -0.2) is 20.8 Å². The van der Waals surface area contributed by atoms with Gasteiger partial charge in [-0.25, -0.2) is 4.79 Å². The number of ether oxygens (including phenoxy) is 1. The standard InChI is InChI=1S/C19H17ClN4O4/c1-12(15-5-3-4-6-17(15)20)28-19(25)22-18-16(11-21-23(18)2)13-7-9-14(10-8-13)24(26)27/h3-12H,1-2H3,(H,22,25)/t12-/m1/s1. The van der Waals surface area contributed by atoms with Crippen LogP contribution in [0.1, 0.15) is 18.6 Å². The molecule has 0 aliphatic rings. The number of anilines is 1. The molecule has 0 spiro atoms. The highest BCUT2D eigenvalue weighted by Gasteiger charge is 2.18. The molecule has 9 heteroatoms. The Kier molecular flexibility index (Phi) is 5.60. The Balaban J connectivity index is 1.77. The lowest BCUT2D eigenvalue weighted by molar-refractivity contribution is -0.384. The maximum absolute atomic E-state index is 12.4. The summed E-state index contributed by atoms with van der Waals surface area (Å²) in [6.07, 6.45) is 0.345. The zero-order chi connectivity index (χ0) is 20.3. The van der Waals surface area contributed by atoms with E-state index in [2.05, 4.69) is 10.4 Å². The first-order valence-electron chi connectivity index (χ1n) is 8.35. The van der Waals surface area contributed by atoms with Crippen molar-refractivity contribution in [2.24, 2.45) is 7.05 Å². The number of rotatable bonds is 5. The third-order valence-electron chi connectivity index (χ3n) is 4.18. The lowest BCUT2D eigenvalue weighted by Gasteiger charge is -2.16. The van der Waals surface area contributed by atoms with Crippen molar-refractivity contribution in [1.82, 2.24) is 9.78 Å². The number of halogens is 1. The van der Waals surface area contributed by atoms with E-state index in [4.69, 9.17) is 16.3 Å². The maximum atomic E-state index is 12.4. The van der Waals surface area contributed by atoms with E-state index in [0.29, 0.717) is 27.5 Å². The topological polar surface area (TPSA) is 99.3 Å². The van der Waals surface area contributed by atoms with Gasteiger partial charge in [0.25, 0.3) is 5.69 Å². The number of nitrogens with zero attached hydrogens (tertiary/aromatic N) is 3. The molecule has 1 aromatic heterocycles. The van der Waals surface area contributed by atoms with Gasteiger partial charge in [-0.1, -0.05) is 29.8 Å². The summed E-state index contributed by atoms with van der Waals surface area (Å²) >= 11 is 6.14. The van der Waals surface area contributed by atoms with Crippen molar-refractivity contribution in [3.8, 4) is 11.1 Å². The average Bonchev–Trinajstić information content (AvgIpc) is 3.02. The fourth-order valence-electron chi connectivity index (χ4n) is 2.71. The molecule has 2 aromatic carbocycles. The Hall–Kier alpha value is -3.39. The van der Waals surface area contributed by atoms with E-state index >= 15 is 0 Å². The molecule has 1 N–H and O–H groups in total. The molecule has 0 aliphatic carbocycles. The predicted octanol–water partition coefficient (Wildman–Crippen LogP) is 4.96. The van der Waals surface area contributed by atoms with Gasteiger partial charge in [0, 0.05) is 35.3 Å². The minimum Gasteiger partial charge on any atom is -0.441 e. The number of amides is 1. The highest BCUT2D eigenvalue weighted by molar-refractivity contribution is 6.31. The smallest absolute Gasteiger partial charge is 0.413 e. The number of nitrogens with one attached hydrogen (secondary N) is 1. The van der Waals surface area contributed by atoms with Gasteiger partial charge in [-0.15, -0.1) is 0 Å². The van der Waals surface area contributed by atoms with Gasteiger partial charge in [0.2, 0.25) is 0 Å². The van der Waals surface area contributed by atoms with Crippen molar-refractivity contribution in [3.05, 3.63) is 75.4 Å². The summed E-state index contributed by atoms with van der Waals surface area (Å²) in [5.41, 5.74) is 1.96. The largest absolute Gasteiger partial charge is 0.441 e. The van der Waals surface area contributed by atoms with Crippen LogP contribution in [0, 0.1) is 10.1 Å². The molecule has 3 rings (SSSR count). The molecule has 0 aliphatic heterocycles. The van der Waals surface area contributed by atoms with Crippen molar-refractivity contribution < 1.29 is 14.5 Å². The summed E-state index contributed by atoms with van der Waals surface area (Å²) in [6.45, 7) is 1.72. The monoisotopic (exact) mass is 400 g/mol. The third-order valence-corrected chi connectivity index (χ3v) is 4.52. The molecule has 0 unspecified atom stereocenters. The Labute approximate surface area is 165 Å². The van der Waals surface area contributed by atoms with Gasteiger partial charge in [-0.3, -0.25) is 20.1 Å². The van der Waals surface area contributed by atoms with E-state index in [9.17, 15) is 14.9 Å². The number of non-ortho nitro benzene ring substituents is 1. The van der Waals surface area contributed by atoms with Crippen LogP contribution in [0.3, 0.4) is 0 Å². The van der Waals surface area contributed by atoms with Gasteiger partial charge >= 0.3 is 6.09 Å². The molecule has 8 nitrogen and oxygen atoms in total. The van der Waals surface area contributed by atoms with Gasteiger partial charge in [-0.2, -0.15) is 5.10 Å². The van der Waals surface area contributed by atoms with Crippen LogP contribution in [0.15, 0.2) is 54.7 Å². The molecular weight excluding hydrogens is 384 g/mol. The number of aromatic nitrogens is 2. The maximum Gasteiger partial charge on any atom is 0.413 e. The Bertz CT molecular complexity index is 1020. The second-order valence-corrected chi connectivity index (χ2v) is 6.44. The fraction of sp³-hybridized carbons (Fsp3) is 0.158. The number of carbonyl (C=O) groups excluding carboxylic acids is 1. The summed E-state index contributed by atoms with van der Waals surface area (Å²) < 4.78 is 6.91. The van der Waals surface area contributed by atoms with Crippen LogP contribution in [0.4, 0.5) is 16.3 Å². The molecule has 1 heterocycles. The van der Waals surface area contributed by atoms with E-state index in [-0.39, 0.29) is 5.69 Å². The molecule has 3 aromatic rings. The zero-order valence-electron chi connectivity index (χ0n) is 15.1. The van der Waals surface area contributed by atoms with Gasteiger partial charge in [0.1, 0.15) is 11.9 Å². The zero-order valence-corrected chi connectivity index (χ0v) is 15.9. The van der Waals surface area contributed by atoms with Crippen molar-refractivity contribution in [2.45, 2.75) is 13.0 Å². The quantitative estimate of drug-likeness (QED) is 0.482. The number of nitro benzene ring substituents is 1. The van der Waals surface area contributed by atoms with E-state index in [1.165, 1.54) is 16.8 Å². The molecule has 1 atom stereocenters. The number of aryl methyl sites for hydroxylation is 1. The SMILES string of the molecule is C[C@@H](OC(=O)Nc1c(-c2ccc([N+](=O)[O-])cc2)cnn1C)c1ccccc1Cl. The summed E-state index contributed by atoms with van der Waals surface area (Å²) in [5.74, 6) is 0.408. The van der Waals surface area contributed by atoms with Gasteiger partial charge < -0.3 is 4.74 Å². The highest BCUT2D eigenvalue weighted by atomic mass is 35.5. The van der Waals surface area contributed by atoms with E-state index in [1.807, 2.05) is 6.07 Å². The number of hydrogen-bond acceptors (Lipinski definition) is 5. The van der Waals surface area contributed by atoms with Crippen LogP contribution >= 0.6 is 11.6 Å². The molecule has 0 saturated carbocycles.